The first-order chi connectivity index (χ1) is 10.5. The first-order valence-electron chi connectivity index (χ1n) is 8.84. The van der Waals surface area contributed by atoms with Gasteiger partial charge in [0, 0.05) is 12.1 Å². The van der Waals surface area contributed by atoms with Gasteiger partial charge < -0.3 is 10.5 Å². The van der Waals surface area contributed by atoms with Crippen LogP contribution in [-0.2, 0) is 9.53 Å². The second kappa shape index (κ2) is 7.55. The minimum atomic E-state index is -0.0857. The molecular weight excluding hydrogens is 286 g/mol. The van der Waals surface area contributed by atoms with Gasteiger partial charge in [-0.25, -0.2) is 0 Å². The van der Waals surface area contributed by atoms with E-state index in [1.165, 1.54) is 11.1 Å². The lowest BCUT2D eigenvalue weighted by atomic mass is 9.70. The van der Waals surface area contributed by atoms with Crippen LogP contribution in [0.15, 0.2) is 22.9 Å². The molecule has 1 rings (SSSR count). The van der Waals surface area contributed by atoms with E-state index in [9.17, 15) is 4.79 Å². The van der Waals surface area contributed by atoms with E-state index in [0.29, 0.717) is 18.9 Å². The van der Waals surface area contributed by atoms with Crippen LogP contribution in [0.4, 0.5) is 0 Å². The summed E-state index contributed by atoms with van der Waals surface area (Å²) in [5, 5.41) is 0. The molecule has 0 aromatic heterocycles. The fourth-order valence-corrected chi connectivity index (χ4v) is 3.06. The molecule has 1 aliphatic rings. The van der Waals surface area contributed by atoms with E-state index in [1.54, 1.807) is 0 Å². The van der Waals surface area contributed by atoms with E-state index in [2.05, 4.69) is 47.6 Å². The molecule has 0 radical (unpaired) electrons. The van der Waals surface area contributed by atoms with E-state index in [1.807, 2.05) is 6.92 Å². The fourth-order valence-electron chi connectivity index (χ4n) is 3.06. The lowest BCUT2D eigenvalue weighted by Gasteiger charge is -2.36. The number of hydrogen-bond acceptors (Lipinski definition) is 3. The number of esters is 1. The van der Waals surface area contributed by atoms with Crippen LogP contribution in [0.3, 0.4) is 0 Å². The Kier molecular flexibility index (Phi) is 6.49. The van der Waals surface area contributed by atoms with Crippen molar-refractivity contribution in [3.05, 3.63) is 22.9 Å². The van der Waals surface area contributed by atoms with Gasteiger partial charge in [-0.1, -0.05) is 54.5 Å². The Labute approximate surface area is 142 Å². The summed E-state index contributed by atoms with van der Waals surface area (Å²) in [4.78, 5) is 11.8. The maximum atomic E-state index is 11.8. The summed E-state index contributed by atoms with van der Waals surface area (Å²) in [5.74, 6) is 0.275. The van der Waals surface area contributed by atoms with Gasteiger partial charge in [0.25, 0.3) is 0 Å². The highest BCUT2D eigenvalue weighted by Gasteiger charge is 2.32. The molecule has 0 amide bonds. The van der Waals surface area contributed by atoms with Crippen molar-refractivity contribution < 1.29 is 9.53 Å². The molecule has 0 saturated heterocycles. The van der Waals surface area contributed by atoms with Gasteiger partial charge in [-0.05, 0) is 47.2 Å². The second-order valence-corrected chi connectivity index (χ2v) is 8.70. The van der Waals surface area contributed by atoms with Gasteiger partial charge in [0.15, 0.2) is 0 Å². The van der Waals surface area contributed by atoms with Gasteiger partial charge in [0.2, 0.25) is 0 Å². The SMILES string of the molecule is CCCOC(=O)CCC1C=C(C(C)(C)C)C(N)=C(C(C)(C)C)C1. The number of ether oxygens (including phenoxy) is 1. The zero-order valence-electron chi connectivity index (χ0n) is 16.1. The summed E-state index contributed by atoms with van der Waals surface area (Å²) < 4.78 is 5.20. The first-order valence-corrected chi connectivity index (χ1v) is 8.84. The Bertz CT molecular complexity index is 487. The van der Waals surface area contributed by atoms with E-state index < -0.39 is 0 Å². The van der Waals surface area contributed by atoms with Crippen LogP contribution in [0.5, 0.6) is 0 Å². The molecule has 132 valence electrons. The van der Waals surface area contributed by atoms with Crippen molar-refractivity contribution in [3.63, 3.8) is 0 Å². The van der Waals surface area contributed by atoms with Crippen molar-refractivity contribution in [2.45, 2.75) is 74.1 Å². The highest BCUT2D eigenvalue weighted by Crippen LogP contribution is 2.43. The van der Waals surface area contributed by atoms with Crippen LogP contribution in [0.25, 0.3) is 0 Å². The molecule has 2 N–H and O–H groups in total. The Morgan fingerprint density at radius 2 is 1.83 bits per heavy atom. The molecule has 1 unspecified atom stereocenters. The Morgan fingerprint density at radius 1 is 1.22 bits per heavy atom. The molecule has 0 aromatic carbocycles. The lowest BCUT2D eigenvalue weighted by molar-refractivity contribution is -0.143. The predicted octanol–water partition coefficient (Wildman–Crippen LogP) is 4.97. The summed E-state index contributed by atoms with van der Waals surface area (Å²) in [6, 6.07) is 0. The summed E-state index contributed by atoms with van der Waals surface area (Å²) in [5.41, 5.74) is 10.1. The standard InChI is InChI=1S/C20H35NO2/c1-8-11-23-17(22)10-9-14-12-15(19(2,3)4)18(21)16(13-14)20(5,6)7/h12,14H,8-11,13,21H2,1-7H3. The maximum Gasteiger partial charge on any atom is 0.305 e. The molecule has 0 aromatic rings. The van der Waals surface area contributed by atoms with Gasteiger partial charge >= 0.3 is 5.97 Å². The monoisotopic (exact) mass is 321 g/mol. The Hall–Kier alpha value is -1.25. The number of hydrogen-bond donors (Lipinski definition) is 1. The third-order valence-electron chi connectivity index (χ3n) is 4.38. The molecule has 23 heavy (non-hydrogen) atoms. The first kappa shape index (κ1) is 19.8. The minimum absolute atomic E-state index is 0.0158. The number of allylic oxidation sites excluding steroid dienone is 3. The fraction of sp³-hybridized carbons (Fsp3) is 0.750. The van der Waals surface area contributed by atoms with Gasteiger partial charge in [-0.2, -0.15) is 0 Å². The zero-order chi connectivity index (χ0) is 17.8. The highest BCUT2D eigenvalue weighted by atomic mass is 16.5. The third kappa shape index (κ3) is 5.71. The number of carbonyl (C=O) groups excluding carboxylic acids is 1. The number of carbonyl (C=O) groups is 1. The smallest absolute Gasteiger partial charge is 0.305 e. The van der Waals surface area contributed by atoms with Crippen LogP contribution >= 0.6 is 0 Å². The van der Waals surface area contributed by atoms with Crippen LogP contribution < -0.4 is 5.73 Å². The molecule has 0 fully saturated rings. The lowest BCUT2D eigenvalue weighted by Crippen LogP contribution is -2.28. The summed E-state index contributed by atoms with van der Waals surface area (Å²) >= 11 is 0. The molecule has 1 atom stereocenters. The maximum absolute atomic E-state index is 11.8. The van der Waals surface area contributed by atoms with Crippen LogP contribution in [0.1, 0.15) is 74.1 Å². The van der Waals surface area contributed by atoms with Crippen LogP contribution in [0.2, 0.25) is 0 Å². The molecule has 3 heteroatoms. The Morgan fingerprint density at radius 3 is 2.30 bits per heavy atom. The van der Waals surface area contributed by atoms with Crippen molar-refractivity contribution >= 4 is 5.97 Å². The van der Waals surface area contributed by atoms with E-state index >= 15 is 0 Å². The molecule has 0 bridgehead atoms. The molecular formula is C20H35NO2. The number of nitrogens with two attached hydrogens (primary N) is 1. The largest absolute Gasteiger partial charge is 0.466 e. The molecule has 0 saturated carbocycles. The predicted molar refractivity (Wildman–Crippen MR) is 96.8 cm³/mol. The van der Waals surface area contributed by atoms with Gasteiger partial charge in [0.05, 0.1) is 6.61 Å². The normalized spacial score (nSPS) is 19.6. The molecule has 0 heterocycles. The molecule has 0 aliphatic heterocycles. The van der Waals surface area contributed by atoms with Gasteiger partial charge in [-0.3, -0.25) is 4.79 Å². The minimum Gasteiger partial charge on any atom is -0.466 e. The van der Waals surface area contributed by atoms with Crippen molar-refractivity contribution in [3.8, 4) is 0 Å². The number of rotatable bonds is 5. The zero-order valence-corrected chi connectivity index (χ0v) is 16.1. The van der Waals surface area contributed by atoms with Gasteiger partial charge in [0.1, 0.15) is 0 Å². The average molecular weight is 322 g/mol. The van der Waals surface area contributed by atoms with Crippen molar-refractivity contribution in [2.24, 2.45) is 22.5 Å². The highest BCUT2D eigenvalue weighted by molar-refractivity contribution is 5.69. The van der Waals surface area contributed by atoms with Crippen LogP contribution in [0, 0.1) is 16.7 Å². The second-order valence-electron chi connectivity index (χ2n) is 8.70. The van der Waals surface area contributed by atoms with Crippen LogP contribution in [-0.4, -0.2) is 12.6 Å². The molecule has 0 spiro atoms. The average Bonchev–Trinajstić information content (AvgIpc) is 2.41. The summed E-state index contributed by atoms with van der Waals surface area (Å²) in [6.07, 6.45) is 5.41. The topological polar surface area (TPSA) is 52.3 Å². The van der Waals surface area contributed by atoms with Crippen molar-refractivity contribution in [2.75, 3.05) is 6.61 Å². The third-order valence-corrected chi connectivity index (χ3v) is 4.38. The molecule has 3 nitrogen and oxygen atoms in total. The summed E-state index contributed by atoms with van der Waals surface area (Å²) in [6.45, 7) is 15.8. The molecule has 1 aliphatic carbocycles. The van der Waals surface area contributed by atoms with E-state index in [0.717, 1.165) is 25.0 Å². The Balaban J connectivity index is 2.92. The van der Waals surface area contributed by atoms with E-state index in [-0.39, 0.29) is 16.8 Å². The van der Waals surface area contributed by atoms with Crippen molar-refractivity contribution in [1.82, 2.24) is 0 Å². The quantitative estimate of drug-likeness (QED) is 0.727. The summed E-state index contributed by atoms with van der Waals surface area (Å²) in [7, 11) is 0. The van der Waals surface area contributed by atoms with E-state index in [4.69, 9.17) is 10.5 Å². The van der Waals surface area contributed by atoms with Crippen molar-refractivity contribution in [1.29, 1.82) is 0 Å². The van der Waals surface area contributed by atoms with Gasteiger partial charge in [-0.15, -0.1) is 0 Å².